The van der Waals surface area contributed by atoms with Gasteiger partial charge in [0.05, 0.1) is 12.9 Å². The van der Waals surface area contributed by atoms with Crippen molar-refractivity contribution in [3.63, 3.8) is 0 Å². The molecule has 1 saturated carbocycles. The zero-order valence-corrected chi connectivity index (χ0v) is 15.2. The third kappa shape index (κ3) is 5.82. The van der Waals surface area contributed by atoms with Gasteiger partial charge in [0.1, 0.15) is 0 Å². The van der Waals surface area contributed by atoms with Gasteiger partial charge in [-0.25, -0.2) is 0 Å². The van der Waals surface area contributed by atoms with E-state index in [1.54, 1.807) is 11.8 Å². The van der Waals surface area contributed by atoms with Crippen molar-refractivity contribution in [1.29, 1.82) is 0 Å². The standard InChI is InChI=1S/C17H33NO2S/c1-6-10-18-14-9-8-13(17(3,4)7-2)11-15(14)21-12-16(19)20-5/h13-15,18H,6-12H2,1-5H3. The summed E-state index contributed by atoms with van der Waals surface area (Å²) in [6, 6.07) is 0.545. The minimum Gasteiger partial charge on any atom is -0.468 e. The number of rotatable bonds is 8. The highest BCUT2D eigenvalue weighted by molar-refractivity contribution is 8.00. The topological polar surface area (TPSA) is 38.3 Å². The van der Waals surface area contributed by atoms with Gasteiger partial charge in [-0.2, -0.15) is 0 Å². The Hall–Kier alpha value is -0.220. The van der Waals surface area contributed by atoms with Gasteiger partial charge in [-0.15, -0.1) is 11.8 Å². The Bertz CT molecular complexity index is 320. The fraction of sp³-hybridized carbons (Fsp3) is 0.941. The normalized spacial score (nSPS) is 26.6. The SMILES string of the molecule is CCCNC1CCC(C(C)(C)CC)CC1SCC(=O)OC. The van der Waals surface area contributed by atoms with Gasteiger partial charge in [0.2, 0.25) is 0 Å². The fourth-order valence-electron chi connectivity index (χ4n) is 3.11. The third-order valence-electron chi connectivity index (χ3n) is 5.11. The van der Waals surface area contributed by atoms with Crippen molar-refractivity contribution in [3.8, 4) is 0 Å². The molecule has 0 aromatic carbocycles. The molecule has 0 aromatic rings. The van der Waals surface area contributed by atoms with Crippen LogP contribution < -0.4 is 5.32 Å². The first kappa shape index (κ1) is 18.8. The Balaban J connectivity index is 2.64. The summed E-state index contributed by atoms with van der Waals surface area (Å²) in [5, 5.41) is 4.21. The zero-order chi connectivity index (χ0) is 15.9. The molecule has 3 atom stereocenters. The number of carbonyl (C=O) groups is 1. The molecule has 0 amide bonds. The smallest absolute Gasteiger partial charge is 0.315 e. The van der Waals surface area contributed by atoms with E-state index in [0.29, 0.717) is 22.5 Å². The van der Waals surface area contributed by atoms with Crippen LogP contribution in [0.15, 0.2) is 0 Å². The lowest BCUT2D eigenvalue weighted by atomic mass is 9.68. The van der Waals surface area contributed by atoms with E-state index in [2.05, 4.69) is 33.0 Å². The van der Waals surface area contributed by atoms with Crippen LogP contribution in [0.1, 0.15) is 59.8 Å². The van der Waals surface area contributed by atoms with Gasteiger partial charge in [0.25, 0.3) is 0 Å². The number of carbonyl (C=O) groups excluding carboxylic acids is 1. The fourth-order valence-corrected chi connectivity index (χ4v) is 4.41. The molecular weight excluding hydrogens is 282 g/mol. The molecule has 0 aromatic heterocycles. The molecule has 1 N–H and O–H groups in total. The van der Waals surface area contributed by atoms with E-state index in [9.17, 15) is 4.79 Å². The molecule has 4 heteroatoms. The largest absolute Gasteiger partial charge is 0.468 e. The van der Waals surface area contributed by atoms with Gasteiger partial charge in [-0.05, 0) is 43.6 Å². The number of esters is 1. The first-order chi connectivity index (χ1) is 9.94. The van der Waals surface area contributed by atoms with Crippen LogP contribution in [0.5, 0.6) is 0 Å². The summed E-state index contributed by atoms with van der Waals surface area (Å²) in [7, 11) is 1.47. The van der Waals surface area contributed by atoms with Gasteiger partial charge < -0.3 is 10.1 Å². The Kier molecular flexibility index (Phi) is 8.10. The van der Waals surface area contributed by atoms with Crippen LogP contribution in [0.4, 0.5) is 0 Å². The first-order valence-corrected chi connectivity index (χ1v) is 9.41. The number of ether oxygens (including phenoxy) is 1. The molecule has 3 nitrogen and oxygen atoms in total. The van der Waals surface area contributed by atoms with Crippen molar-refractivity contribution in [1.82, 2.24) is 5.32 Å². The highest BCUT2D eigenvalue weighted by Gasteiger charge is 2.37. The van der Waals surface area contributed by atoms with Crippen LogP contribution >= 0.6 is 11.8 Å². The first-order valence-electron chi connectivity index (χ1n) is 8.36. The minimum atomic E-state index is -0.105. The Labute approximate surface area is 135 Å². The number of hydrogen-bond donors (Lipinski definition) is 1. The van der Waals surface area contributed by atoms with Crippen LogP contribution in [-0.2, 0) is 9.53 Å². The Morgan fingerprint density at radius 2 is 2.05 bits per heavy atom. The predicted molar refractivity (Wildman–Crippen MR) is 91.8 cm³/mol. The van der Waals surface area contributed by atoms with Gasteiger partial charge in [0.15, 0.2) is 0 Å². The second-order valence-corrected chi connectivity index (χ2v) is 8.07. The van der Waals surface area contributed by atoms with Crippen molar-refractivity contribution in [3.05, 3.63) is 0 Å². The molecule has 1 fully saturated rings. The van der Waals surface area contributed by atoms with E-state index in [4.69, 9.17) is 4.74 Å². The predicted octanol–water partition coefficient (Wildman–Crippen LogP) is 3.87. The summed E-state index contributed by atoms with van der Waals surface area (Å²) in [6.45, 7) is 10.3. The van der Waals surface area contributed by atoms with Gasteiger partial charge in [-0.3, -0.25) is 4.79 Å². The summed E-state index contributed by atoms with van der Waals surface area (Å²) in [4.78, 5) is 11.4. The van der Waals surface area contributed by atoms with Crippen molar-refractivity contribution in [2.24, 2.45) is 11.3 Å². The van der Waals surface area contributed by atoms with Crippen LogP contribution in [0.3, 0.4) is 0 Å². The second-order valence-electron chi connectivity index (χ2n) is 6.84. The molecular formula is C17H33NO2S. The van der Waals surface area contributed by atoms with Crippen molar-refractivity contribution in [2.75, 3.05) is 19.4 Å². The summed E-state index contributed by atoms with van der Waals surface area (Å²) >= 11 is 1.78. The molecule has 21 heavy (non-hydrogen) atoms. The third-order valence-corrected chi connectivity index (χ3v) is 6.46. The molecule has 0 spiro atoms. The molecule has 3 unspecified atom stereocenters. The molecule has 1 rings (SSSR count). The van der Waals surface area contributed by atoms with Crippen LogP contribution in [0.2, 0.25) is 0 Å². The second kappa shape index (κ2) is 9.04. The average molecular weight is 316 g/mol. The van der Waals surface area contributed by atoms with E-state index >= 15 is 0 Å². The molecule has 0 radical (unpaired) electrons. The maximum Gasteiger partial charge on any atom is 0.315 e. The maximum atomic E-state index is 11.4. The molecule has 124 valence electrons. The molecule has 0 aliphatic heterocycles. The molecule has 1 aliphatic carbocycles. The minimum absolute atomic E-state index is 0.105. The van der Waals surface area contributed by atoms with Crippen molar-refractivity contribution < 1.29 is 9.53 Å². The summed E-state index contributed by atoms with van der Waals surface area (Å²) < 4.78 is 4.79. The molecule has 0 heterocycles. The van der Waals surface area contributed by atoms with Crippen molar-refractivity contribution in [2.45, 2.75) is 71.1 Å². The lowest BCUT2D eigenvalue weighted by Gasteiger charge is -2.43. The lowest BCUT2D eigenvalue weighted by molar-refractivity contribution is -0.137. The average Bonchev–Trinajstić information content (AvgIpc) is 2.50. The summed E-state index contributed by atoms with van der Waals surface area (Å²) in [5.74, 6) is 1.13. The maximum absolute atomic E-state index is 11.4. The van der Waals surface area contributed by atoms with Crippen LogP contribution in [0, 0.1) is 11.3 Å². The highest BCUT2D eigenvalue weighted by Crippen LogP contribution is 2.43. The number of thioether (sulfide) groups is 1. The van der Waals surface area contributed by atoms with Gasteiger partial charge in [-0.1, -0.05) is 34.1 Å². The summed E-state index contributed by atoms with van der Waals surface area (Å²) in [5.41, 5.74) is 0.403. The number of nitrogens with one attached hydrogen (secondary N) is 1. The van der Waals surface area contributed by atoms with Crippen molar-refractivity contribution >= 4 is 17.7 Å². The van der Waals surface area contributed by atoms with E-state index in [1.165, 1.54) is 32.8 Å². The highest BCUT2D eigenvalue weighted by atomic mass is 32.2. The van der Waals surface area contributed by atoms with E-state index in [1.807, 2.05) is 0 Å². The Morgan fingerprint density at radius 1 is 1.33 bits per heavy atom. The monoisotopic (exact) mass is 315 g/mol. The van der Waals surface area contributed by atoms with Gasteiger partial charge in [0, 0.05) is 11.3 Å². The molecule has 0 bridgehead atoms. The quantitative estimate of drug-likeness (QED) is 0.690. The zero-order valence-electron chi connectivity index (χ0n) is 14.4. The lowest BCUT2D eigenvalue weighted by Crippen LogP contribution is -2.45. The molecule has 0 saturated heterocycles. The van der Waals surface area contributed by atoms with E-state index in [0.717, 1.165) is 18.9 Å². The van der Waals surface area contributed by atoms with Crippen LogP contribution in [0.25, 0.3) is 0 Å². The number of hydrogen-bond acceptors (Lipinski definition) is 4. The summed E-state index contributed by atoms with van der Waals surface area (Å²) in [6.07, 6.45) is 6.13. The van der Waals surface area contributed by atoms with E-state index < -0.39 is 0 Å². The molecule has 1 aliphatic rings. The van der Waals surface area contributed by atoms with E-state index in [-0.39, 0.29) is 5.97 Å². The van der Waals surface area contributed by atoms with Gasteiger partial charge >= 0.3 is 5.97 Å². The number of methoxy groups -OCH3 is 1. The van der Waals surface area contributed by atoms with Crippen LogP contribution in [-0.4, -0.2) is 36.7 Å². The Morgan fingerprint density at radius 3 is 2.62 bits per heavy atom.